The number of aliphatic imine (C=N–C) groups is 1. The van der Waals surface area contributed by atoms with Gasteiger partial charge in [-0.1, -0.05) is 6.92 Å². The highest BCUT2D eigenvalue weighted by atomic mass is 32.2. The summed E-state index contributed by atoms with van der Waals surface area (Å²) in [6.07, 6.45) is 1.97. The van der Waals surface area contributed by atoms with Gasteiger partial charge >= 0.3 is 15.5 Å². The van der Waals surface area contributed by atoms with Crippen LogP contribution >= 0.6 is 0 Å². The number of halogens is 3. The third-order valence-corrected chi connectivity index (χ3v) is 6.87. The molecule has 2 N–H and O–H groups in total. The number of amides is 1. The molecule has 29 heavy (non-hydrogen) atoms. The summed E-state index contributed by atoms with van der Waals surface area (Å²) in [7, 11) is -5.25. The van der Waals surface area contributed by atoms with Gasteiger partial charge in [0, 0.05) is 51.7 Å². The van der Waals surface area contributed by atoms with E-state index in [9.17, 15) is 26.4 Å². The number of likely N-dealkylation sites (tertiary alicyclic amines) is 1. The lowest BCUT2D eigenvalue weighted by molar-refractivity contribution is -0.129. The van der Waals surface area contributed by atoms with Gasteiger partial charge in [0.15, 0.2) is 5.96 Å². The molecule has 12 heteroatoms. The normalized spacial score (nSPS) is 22.7. The highest BCUT2D eigenvalue weighted by Crippen LogP contribution is 2.30. The maximum Gasteiger partial charge on any atom is 0.511 e. The summed E-state index contributed by atoms with van der Waals surface area (Å²) in [5.41, 5.74) is -5.26. The van der Waals surface area contributed by atoms with Crippen LogP contribution in [0.2, 0.25) is 0 Å². The minimum absolute atomic E-state index is 0.0203. The summed E-state index contributed by atoms with van der Waals surface area (Å²) >= 11 is 0. The highest BCUT2D eigenvalue weighted by Gasteiger charge is 2.50. The van der Waals surface area contributed by atoms with Crippen LogP contribution in [0.5, 0.6) is 0 Å². The van der Waals surface area contributed by atoms with Gasteiger partial charge in [0.2, 0.25) is 5.91 Å². The standard InChI is InChI=1S/C17H30F3N5O3S/c1-3-15(26)24-8-7-14(12-24)23-16(21-4-2)22-11-13-5-9-25(10-6-13)29(27,28)17(18,19)20/h13-14H,3-12H2,1-2H3,(H2,21,22,23). The summed E-state index contributed by atoms with van der Waals surface area (Å²) < 4.78 is 61.4. The van der Waals surface area contributed by atoms with Crippen molar-refractivity contribution >= 4 is 21.9 Å². The lowest BCUT2D eigenvalue weighted by atomic mass is 9.98. The third-order valence-electron chi connectivity index (χ3n) is 5.24. The van der Waals surface area contributed by atoms with Crippen LogP contribution in [0, 0.1) is 5.92 Å². The number of alkyl halides is 3. The lowest BCUT2D eigenvalue weighted by Crippen LogP contribution is -2.46. The van der Waals surface area contributed by atoms with Crippen LogP contribution < -0.4 is 10.6 Å². The molecule has 0 bridgehead atoms. The van der Waals surface area contributed by atoms with Crippen molar-refractivity contribution in [3.05, 3.63) is 0 Å². The quantitative estimate of drug-likeness (QED) is 0.476. The molecule has 0 radical (unpaired) electrons. The molecule has 2 rings (SSSR count). The molecular formula is C17H30F3N5O3S. The van der Waals surface area contributed by atoms with Gasteiger partial charge in [0.1, 0.15) is 0 Å². The molecule has 0 aliphatic carbocycles. The molecule has 0 aromatic heterocycles. The Bertz CT molecular complexity index is 691. The fourth-order valence-electron chi connectivity index (χ4n) is 3.54. The van der Waals surface area contributed by atoms with Crippen LogP contribution in [-0.4, -0.2) is 80.3 Å². The number of nitrogens with one attached hydrogen (secondary N) is 2. The molecule has 1 amide bonds. The Balaban J connectivity index is 1.86. The summed E-state index contributed by atoms with van der Waals surface area (Å²) in [5.74, 6) is 0.748. The molecule has 1 atom stereocenters. The van der Waals surface area contributed by atoms with Gasteiger partial charge < -0.3 is 15.5 Å². The predicted molar refractivity (Wildman–Crippen MR) is 104 cm³/mol. The van der Waals surface area contributed by atoms with Gasteiger partial charge in [0.05, 0.1) is 0 Å². The van der Waals surface area contributed by atoms with Crippen molar-refractivity contribution < 1.29 is 26.4 Å². The van der Waals surface area contributed by atoms with Crippen molar-refractivity contribution in [3.8, 4) is 0 Å². The topological polar surface area (TPSA) is 94.1 Å². The number of sulfonamides is 1. The molecule has 2 heterocycles. The maximum atomic E-state index is 12.7. The zero-order valence-corrected chi connectivity index (χ0v) is 17.7. The van der Waals surface area contributed by atoms with Crippen LogP contribution in [0.3, 0.4) is 0 Å². The van der Waals surface area contributed by atoms with Crippen LogP contribution in [0.25, 0.3) is 0 Å². The molecule has 168 valence electrons. The van der Waals surface area contributed by atoms with Crippen LogP contribution in [0.4, 0.5) is 13.2 Å². The predicted octanol–water partition coefficient (Wildman–Crippen LogP) is 1.11. The summed E-state index contributed by atoms with van der Waals surface area (Å²) in [5, 5.41) is 6.45. The van der Waals surface area contributed by atoms with Crippen molar-refractivity contribution in [1.82, 2.24) is 19.8 Å². The largest absolute Gasteiger partial charge is 0.511 e. The van der Waals surface area contributed by atoms with E-state index in [0.29, 0.717) is 55.7 Å². The lowest BCUT2D eigenvalue weighted by Gasteiger charge is -2.31. The number of hydrogen-bond donors (Lipinski definition) is 2. The number of piperidine rings is 1. The van der Waals surface area contributed by atoms with E-state index < -0.39 is 15.5 Å². The molecule has 0 aromatic carbocycles. The van der Waals surface area contributed by atoms with Crippen LogP contribution in [-0.2, 0) is 14.8 Å². The van der Waals surface area contributed by atoms with E-state index in [1.165, 1.54) is 0 Å². The Morgan fingerprint density at radius 3 is 2.34 bits per heavy atom. The molecule has 2 aliphatic heterocycles. The molecule has 2 aliphatic rings. The smallest absolute Gasteiger partial charge is 0.357 e. The second-order valence-corrected chi connectivity index (χ2v) is 9.27. The number of carbonyl (C=O) groups is 1. The van der Waals surface area contributed by atoms with E-state index in [1.54, 1.807) is 0 Å². The highest BCUT2D eigenvalue weighted by molar-refractivity contribution is 7.90. The second-order valence-electron chi connectivity index (χ2n) is 7.34. The number of rotatable bonds is 6. The fraction of sp³-hybridized carbons (Fsp3) is 0.882. The van der Waals surface area contributed by atoms with Gasteiger partial charge in [-0.05, 0) is 32.1 Å². The average molecular weight is 442 g/mol. The fourth-order valence-corrected chi connectivity index (χ4v) is 4.52. The van der Waals surface area contributed by atoms with Crippen molar-refractivity contribution in [2.45, 2.75) is 51.1 Å². The molecule has 2 fully saturated rings. The molecule has 0 spiro atoms. The Morgan fingerprint density at radius 2 is 1.79 bits per heavy atom. The van der Waals surface area contributed by atoms with E-state index in [-0.39, 0.29) is 31.0 Å². The van der Waals surface area contributed by atoms with Gasteiger partial charge in [0.25, 0.3) is 0 Å². The van der Waals surface area contributed by atoms with Crippen molar-refractivity contribution in [3.63, 3.8) is 0 Å². The van der Waals surface area contributed by atoms with E-state index >= 15 is 0 Å². The molecule has 8 nitrogen and oxygen atoms in total. The van der Waals surface area contributed by atoms with E-state index in [4.69, 9.17) is 0 Å². The minimum Gasteiger partial charge on any atom is -0.357 e. The Labute approximate surface area is 170 Å². The number of guanidine groups is 1. The summed E-state index contributed by atoms with van der Waals surface area (Å²) in [4.78, 5) is 18.1. The molecule has 1 unspecified atom stereocenters. The first-order valence-electron chi connectivity index (χ1n) is 9.97. The van der Waals surface area contributed by atoms with Gasteiger partial charge in [-0.3, -0.25) is 9.79 Å². The maximum absolute atomic E-state index is 12.7. The zero-order chi connectivity index (χ0) is 21.7. The van der Waals surface area contributed by atoms with Gasteiger partial charge in [-0.15, -0.1) is 0 Å². The van der Waals surface area contributed by atoms with E-state index in [1.807, 2.05) is 18.7 Å². The Hall–Kier alpha value is -1.56. The number of carbonyl (C=O) groups excluding carboxylic acids is 1. The second kappa shape index (κ2) is 9.96. The van der Waals surface area contributed by atoms with Gasteiger partial charge in [-0.25, -0.2) is 8.42 Å². The Kier molecular flexibility index (Phi) is 8.15. The molecule has 0 aromatic rings. The summed E-state index contributed by atoms with van der Waals surface area (Å²) in [6.45, 7) is 5.84. The SMILES string of the molecule is CCNC(=NCC1CCN(S(=O)(=O)C(F)(F)F)CC1)NC1CCN(C(=O)CC)C1. The van der Waals surface area contributed by atoms with Crippen molar-refractivity contribution in [2.24, 2.45) is 10.9 Å². The number of hydrogen-bond acceptors (Lipinski definition) is 4. The van der Waals surface area contributed by atoms with Crippen molar-refractivity contribution in [2.75, 3.05) is 39.3 Å². The molecule has 2 saturated heterocycles. The Morgan fingerprint density at radius 1 is 1.14 bits per heavy atom. The van der Waals surface area contributed by atoms with Crippen molar-refractivity contribution in [1.29, 1.82) is 0 Å². The minimum atomic E-state index is -5.26. The van der Waals surface area contributed by atoms with Gasteiger partial charge in [-0.2, -0.15) is 17.5 Å². The first kappa shape index (κ1) is 23.7. The summed E-state index contributed by atoms with van der Waals surface area (Å²) in [6, 6.07) is 0.0991. The first-order chi connectivity index (χ1) is 13.6. The monoisotopic (exact) mass is 441 g/mol. The average Bonchev–Trinajstić information content (AvgIpc) is 3.13. The number of nitrogens with zero attached hydrogens (tertiary/aromatic N) is 3. The first-order valence-corrected chi connectivity index (χ1v) is 11.4. The zero-order valence-electron chi connectivity index (χ0n) is 16.8. The van der Waals surface area contributed by atoms with Crippen LogP contribution in [0.15, 0.2) is 4.99 Å². The molecule has 0 saturated carbocycles. The molecular weight excluding hydrogens is 411 g/mol. The third kappa shape index (κ3) is 6.21. The van der Waals surface area contributed by atoms with E-state index in [0.717, 1.165) is 6.42 Å². The van der Waals surface area contributed by atoms with E-state index in [2.05, 4.69) is 15.6 Å². The van der Waals surface area contributed by atoms with Crippen LogP contribution in [0.1, 0.15) is 39.5 Å².